The van der Waals surface area contributed by atoms with Crippen molar-refractivity contribution in [2.45, 2.75) is 51.5 Å². The van der Waals surface area contributed by atoms with E-state index < -0.39 is 6.09 Å². The van der Waals surface area contributed by atoms with Gasteiger partial charge in [0.25, 0.3) is 0 Å². The van der Waals surface area contributed by atoms with Crippen LogP contribution in [0.2, 0.25) is 0 Å². The minimum atomic E-state index is -0.797. The Labute approximate surface area is 172 Å². The third kappa shape index (κ3) is 3.92. The van der Waals surface area contributed by atoms with Crippen molar-refractivity contribution in [3.05, 3.63) is 23.8 Å². The molecule has 7 nitrogen and oxygen atoms in total. The smallest absolute Gasteiger partial charge is 0.409 e. The van der Waals surface area contributed by atoms with E-state index in [0.717, 1.165) is 82.6 Å². The Bertz CT molecular complexity index is 777. The Hall–Kier alpha value is -2.28. The van der Waals surface area contributed by atoms with Crippen LogP contribution in [0.5, 0.6) is 5.75 Å². The van der Waals surface area contributed by atoms with Gasteiger partial charge in [-0.25, -0.2) is 4.79 Å². The first-order chi connectivity index (χ1) is 14.0. The lowest BCUT2D eigenvalue weighted by Gasteiger charge is -2.41. The third-order valence-corrected chi connectivity index (χ3v) is 6.75. The molecule has 3 aliphatic heterocycles. The molecular weight excluding hydrogens is 370 g/mol. The summed E-state index contributed by atoms with van der Waals surface area (Å²) in [6.07, 6.45) is 4.75. The summed E-state index contributed by atoms with van der Waals surface area (Å²) in [5, 5.41) is 0. The zero-order valence-electron chi connectivity index (χ0n) is 17.2. The second kappa shape index (κ2) is 8.22. The van der Waals surface area contributed by atoms with Crippen molar-refractivity contribution in [2.24, 2.45) is 11.1 Å². The zero-order valence-corrected chi connectivity index (χ0v) is 17.2. The highest BCUT2D eigenvalue weighted by Gasteiger charge is 2.50. The predicted octanol–water partition coefficient (Wildman–Crippen LogP) is 2.70. The van der Waals surface area contributed by atoms with Gasteiger partial charge in [0, 0.05) is 44.6 Å². The SMILES string of the molecule is CCc1cc(N2CCC[C@@]3(CCN(C4CCOCC4)C3=O)C2)ccc1OC(N)=O. The van der Waals surface area contributed by atoms with Crippen molar-refractivity contribution < 1.29 is 19.1 Å². The fraction of sp³-hybridized carbons (Fsp3) is 0.636. The molecule has 3 saturated heterocycles. The van der Waals surface area contributed by atoms with Crippen LogP contribution in [0.3, 0.4) is 0 Å². The van der Waals surface area contributed by atoms with Crippen molar-refractivity contribution in [2.75, 3.05) is 37.7 Å². The van der Waals surface area contributed by atoms with Crippen molar-refractivity contribution in [3.8, 4) is 5.75 Å². The Morgan fingerprint density at radius 2 is 2.07 bits per heavy atom. The normalized spacial score (nSPS) is 25.6. The van der Waals surface area contributed by atoms with E-state index in [1.807, 2.05) is 19.1 Å². The summed E-state index contributed by atoms with van der Waals surface area (Å²) in [6, 6.07) is 6.17. The number of rotatable bonds is 4. The first kappa shape index (κ1) is 20.0. The number of anilines is 1. The molecule has 2 amide bonds. The Morgan fingerprint density at radius 3 is 2.79 bits per heavy atom. The highest BCUT2D eigenvalue weighted by molar-refractivity contribution is 5.86. The van der Waals surface area contributed by atoms with Crippen LogP contribution in [0.25, 0.3) is 0 Å². The maximum absolute atomic E-state index is 13.4. The number of carbonyl (C=O) groups excluding carboxylic acids is 2. The molecule has 3 fully saturated rings. The lowest BCUT2D eigenvalue weighted by molar-refractivity contribution is -0.139. The van der Waals surface area contributed by atoms with Crippen LogP contribution in [0.1, 0.15) is 44.6 Å². The van der Waals surface area contributed by atoms with E-state index in [1.54, 1.807) is 0 Å². The number of aryl methyl sites for hydroxylation is 1. The summed E-state index contributed by atoms with van der Waals surface area (Å²) < 4.78 is 10.6. The predicted molar refractivity (Wildman–Crippen MR) is 110 cm³/mol. The monoisotopic (exact) mass is 401 g/mol. The lowest BCUT2D eigenvalue weighted by Crippen LogP contribution is -2.50. The number of hydrogen-bond acceptors (Lipinski definition) is 5. The molecule has 0 bridgehead atoms. The van der Waals surface area contributed by atoms with E-state index in [-0.39, 0.29) is 5.41 Å². The summed E-state index contributed by atoms with van der Waals surface area (Å²) in [5.74, 6) is 0.844. The van der Waals surface area contributed by atoms with Gasteiger partial charge < -0.3 is 25.0 Å². The quantitative estimate of drug-likeness (QED) is 0.838. The molecule has 158 valence electrons. The van der Waals surface area contributed by atoms with Crippen molar-refractivity contribution >= 4 is 17.7 Å². The van der Waals surface area contributed by atoms with Crippen LogP contribution in [0.15, 0.2) is 18.2 Å². The van der Waals surface area contributed by atoms with Gasteiger partial charge in [0.05, 0.1) is 5.41 Å². The molecule has 1 aromatic rings. The molecule has 1 aromatic carbocycles. The number of nitrogens with zero attached hydrogens (tertiary/aromatic N) is 2. The van der Waals surface area contributed by atoms with Gasteiger partial charge in [-0.2, -0.15) is 0 Å². The van der Waals surface area contributed by atoms with Gasteiger partial charge in [-0.3, -0.25) is 4.79 Å². The van der Waals surface area contributed by atoms with Gasteiger partial charge in [0.15, 0.2) is 0 Å². The fourth-order valence-electron chi connectivity index (χ4n) is 5.17. The average molecular weight is 402 g/mol. The van der Waals surface area contributed by atoms with E-state index >= 15 is 0 Å². The van der Waals surface area contributed by atoms with Crippen LogP contribution in [0, 0.1) is 5.41 Å². The molecule has 1 atom stereocenters. The van der Waals surface area contributed by atoms with Crippen LogP contribution in [-0.4, -0.2) is 55.8 Å². The van der Waals surface area contributed by atoms with Gasteiger partial charge >= 0.3 is 6.09 Å². The maximum Gasteiger partial charge on any atom is 0.409 e. The van der Waals surface area contributed by atoms with Gasteiger partial charge in [-0.05, 0) is 62.3 Å². The Morgan fingerprint density at radius 1 is 1.28 bits per heavy atom. The van der Waals surface area contributed by atoms with Crippen molar-refractivity contribution in [1.82, 2.24) is 4.90 Å². The number of primary amides is 1. The van der Waals surface area contributed by atoms with Gasteiger partial charge in [-0.15, -0.1) is 0 Å². The Balaban J connectivity index is 1.51. The zero-order chi connectivity index (χ0) is 20.4. The number of hydrogen-bond donors (Lipinski definition) is 1. The molecule has 29 heavy (non-hydrogen) atoms. The molecule has 0 radical (unpaired) electrons. The standard InChI is InChI=1S/C22H31N3O4/c1-2-16-14-18(4-5-19(16)29-21(23)27)24-10-3-8-22(15-24)9-11-25(20(22)26)17-6-12-28-13-7-17/h4-5,14,17H,2-3,6-13,15H2,1H3,(H2,23,27)/t22-/m1/s1. The average Bonchev–Trinajstić information content (AvgIpc) is 3.04. The molecule has 0 aliphatic carbocycles. The topological polar surface area (TPSA) is 85.1 Å². The first-order valence-electron chi connectivity index (χ1n) is 10.8. The summed E-state index contributed by atoms with van der Waals surface area (Å²) in [6.45, 7) is 6.09. The Kier molecular flexibility index (Phi) is 5.67. The number of piperidine rings is 1. The van der Waals surface area contributed by atoms with Crippen LogP contribution in [-0.2, 0) is 16.0 Å². The number of benzene rings is 1. The van der Waals surface area contributed by atoms with Crippen LogP contribution >= 0.6 is 0 Å². The molecule has 2 N–H and O–H groups in total. The number of likely N-dealkylation sites (tertiary alicyclic amines) is 1. The summed E-state index contributed by atoms with van der Waals surface area (Å²) in [4.78, 5) is 29.0. The molecule has 3 aliphatic rings. The first-order valence-corrected chi connectivity index (χ1v) is 10.8. The van der Waals surface area contributed by atoms with E-state index in [2.05, 4.69) is 15.9 Å². The molecular formula is C22H31N3O4. The number of ether oxygens (including phenoxy) is 2. The molecule has 7 heteroatoms. The minimum Gasteiger partial charge on any atom is -0.410 e. The third-order valence-electron chi connectivity index (χ3n) is 6.75. The van der Waals surface area contributed by atoms with Gasteiger partial charge in [-0.1, -0.05) is 6.92 Å². The van der Waals surface area contributed by atoms with Crippen molar-refractivity contribution in [3.63, 3.8) is 0 Å². The van der Waals surface area contributed by atoms with E-state index in [1.165, 1.54) is 0 Å². The lowest BCUT2D eigenvalue weighted by atomic mass is 9.78. The van der Waals surface area contributed by atoms with Gasteiger partial charge in [0.1, 0.15) is 5.75 Å². The maximum atomic E-state index is 13.4. The largest absolute Gasteiger partial charge is 0.410 e. The van der Waals surface area contributed by atoms with Crippen LogP contribution in [0.4, 0.5) is 10.5 Å². The molecule has 1 spiro atoms. The number of amides is 2. The molecule has 0 unspecified atom stereocenters. The minimum absolute atomic E-state index is 0.272. The molecule has 4 rings (SSSR count). The molecule has 0 saturated carbocycles. The van der Waals surface area contributed by atoms with E-state index in [9.17, 15) is 9.59 Å². The van der Waals surface area contributed by atoms with Crippen molar-refractivity contribution in [1.29, 1.82) is 0 Å². The number of nitrogens with two attached hydrogens (primary N) is 1. The summed E-state index contributed by atoms with van der Waals surface area (Å²) >= 11 is 0. The molecule has 3 heterocycles. The second-order valence-electron chi connectivity index (χ2n) is 8.46. The van der Waals surface area contributed by atoms with Crippen LogP contribution < -0.4 is 15.4 Å². The number of carbonyl (C=O) groups is 2. The highest BCUT2D eigenvalue weighted by Crippen LogP contribution is 2.43. The second-order valence-corrected chi connectivity index (χ2v) is 8.46. The van der Waals surface area contributed by atoms with Gasteiger partial charge in [0.2, 0.25) is 5.91 Å². The summed E-state index contributed by atoms with van der Waals surface area (Å²) in [5.41, 5.74) is 6.93. The van der Waals surface area contributed by atoms with E-state index in [0.29, 0.717) is 17.7 Å². The highest BCUT2D eigenvalue weighted by atomic mass is 16.5. The molecule has 0 aromatic heterocycles. The summed E-state index contributed by atoms with van der Waals surface area (Å²) in [7, 11) is 0. The van der Waals surface area contributed by atoms with E-state index in [4.69, 9.17) is 15.2 Å². The fourth-order valence-corrected chi connectivity index (χ4v) is 5.17.